The molecule has 1 spiro atoms. The van der Waals surface area contributed by atoms with Gasteiger partial charge in [-0.3, -0.25) is 0 Å². The van der Waals surface area contributed by atoms with E-state index in [1.54, 1.807) is 0 Å². The van der Waals surface area contributed by atoms with Crippen LogP contribution >= 0.6 is 0 Å². The number of fused-ring (bicyclic) bond motifs is 2. The molecule has 2 aliphatic carbocycles. The van der Waals surface area contributed by atoms with Crippen LogP contribution in [0.5, 0.6) is 0 Å². The maximum atomic E-state index is 6.17. The molecule has 19 heavy (non-hydrogen) atoms. The molecule has 4 aliphatic rings. The van der Waals surface area contributed by atoms with E-state index in [1.165, 1.54) is 25.7 Å². The fourth-order valence-electron chi connectivity index (χ4n) is 4.44. The molecule has 0 aromatic carbocycles. The summed E-state index contributed by atoms with van der Waals surface area (Å²) in [6, 6.07) is 0.744. The SMILES string of the molecule is C1CC2(CCO1)OC[C@@H](CN[C@H]1C[C@H]3CC[C@H]1C3)O2. The van der Waals surface area contributed by atoms with Crippen molar-refractivity contribution in [2.75, 3.05) is 26.4 Å². The van der Waals surface area contributed by atoms with E-state index in [1.807, 2.05) is 0 Å². The fraction of sp³-hybridized carbons (Fsp3) is 1.00. The van der Waals surface area contributed by atoms with Gasteiger partial charge in [0, 0.05) is 25.4 Å². The summed E-state index contributed by atoms with van der Waals surface area (Å²) in [5, 5.41) is 3.74. The van der Waals surface area contributed by atoms with Gasteiger partial charge in [0.2, 0.25) is 0 Å². The van der Waals surface area contributed by atoms with Gasteiger partial charge in [-0.1, -0.05) is 6.42 Å². The number of hydrogen-bond donors (Lipinski definition) is 1. The molecule has 2 aliphatic heterocycles. The van der Waals surface area contributed by atoms with Crippen molar-refractivity contribution in [2.45, 2.75) is 56.5 Å². The Kier molecular flexibility index (Phi) is 3.30. The molecule has 4 heteroatoms. The largest absolute Gasteiger partial charge is 0.381 e. The van der Waals surface area contributed by atoms with Crippen molar-refractivity contribution in [2.24, 2.45) is 11.8 Å². The van der Waals surface area contributed by atoms with E-state index in [2.05, 4.69) is 5.32 Å². The van der Waals surface area contributed by atoms with Crippen molar-refractivity contribution in [1.82, 2.24) is 5.32 Å². The number of ether oxygens (including phenoxy) is 3. The van der Waals surface area contributed by atoms with Crippen LogP contribution in [0.4, 0.5) is 0 Å². The van der Waals surface area contributed by atoms with Crippen LogP contribution in [-0.4, -0.2) is 44.3 Å². The third-order valence-corrected chi connectivity index (χ3v) is 5.51. The molecule has 2 saturated heterocycles. The Morgan fingerprint density at radius 2 is 2.00 bits per heavy atom. The van der Waals surface area contributed by atoms with Crippen molar-refractivity contribution in [1.29, 1.82) is 0 Å². The lowest BCUT2D eigenvalue weighted by Crippen LogP contribution is -2.42. The van der Waals surface area contributed by atoms with Crippen LogP contribution in [0.2, 0.25) is 0 Å². The highest BCUT2D eigenvalue weighted by molar-refractivity contribution is 4.94. The lowest BCUT2D eigenvalue weighted by atomic mass is 9.95. The highest BCUT2D eigenvalue weighted by Crippen LogP contribution is 2.44. The zero-order valence-corrected chi connectivity index (χ0v) is 11.6. The quantitative estimate of drug-likeness (QED) is 0.844. The molecule has 1 N–H and O–H groups in total. The Bertz CT molecular complexity index is 329. The molecular formula is C15H25NO3. The maximum absolute atomic E-state index is 6.17. The normalized spacial score (nSPS) is 44.2. The summed E-state index contributed by atoms with van der Waals surface area (Å²) in [6.45, 7) is 3.24. The predicted octanol–water partition coefficient (Wildman–Crippen LogP) is 1.69. The van der Waals surface area contributed by atoms with Crippen molar-refractivity contribution < 1.29 is 14.2 Å². The van der Waals surface area contributed by atoms with Gasteiger partial charge in [-0.25, -0.2) is 0 Å². The maximum Gasteiger partial charge on any atom is 0.173 e. The van der Waals surface area contributed by atoms with Crippen LogP contribution in [-0.2, 0) is 14.2 Å². The van der Waals surface area contributed by atoms with Gasteiger partial charge in [0.05, 0.1) is 25.9 Å². The molecule has 2 heterocycles. The van der Waals surface area contributed by atoms with E-state index in [9.17, 15) is 0 Å². The summed E-state index contributed by atoms with van der Waals surface area (Å²) >= 11 is 0. The molecule has 4 fully saturated rings. The first-order valence-electron chi connectivity index (χ1n) is 7.96. The third kappa shape index (κ3) is 2.44. The average molecular weight is 267 g/mol. The molecule has 0 aromatic rings. The predicted molar refractivity (Wildman–Crippen MR) is 70.8 cm³/mol. The minimum atomic E-state index is -0.320. The molecule has 4 rings (SSSR count). The molecule has 2 saturated carbocycles. The second-order valence-corrected chi connectivity index (χ2v) is 6.76. The zero-order chi connectivity index (χ0) is 12.7. The smallest absolute Gasteiger partial charge is 0.173 e. The standard InChI is InChI=1S/C15H25NO3/c1-2-12-7-11(1)8-14(12)16-9-13-10-18-15(19-13)3-5-17-6-4-15/h11-14,16H,1-10H2/t11-,12-,13+,14-/m0/s1. The molecular weight excluding hydrogens is 242 g/mol. The molecule has 0 unspecified atom stereocenters. The Morgan fingerprint density at radius 3 is 2.74 bits per heavy atom. The average Bonchev–Trinajstić information content (AvgIpc) is 3.13. The van der Waals surface area contributed by atoms with Crippen LogP contribution < -0.4 is 5.32 Å². The summed E-state index contributed by atoms with van der Waals surface area (Å²) in [5.41, 5.74) is 0. The molecule has 4 atom stereocenters. The number of hydrogen-bond acceptors (Lipinski definition) is 4. The van der Waals surface area contributed by atoms with Gasteiger partial charge in [0.15, 0.2) is 5.79 Å². The van der Waals surface area contributed by atoms with E-state index in [4.69, 9.17) is 14.2 Å². The van der Waals surface area contributed by atoms with Gasteiger partial charge >= 0.3 is 0 Å². The van der Waals surface area contributed by atoms with Crippen LogP contribution in [0, 0.1) is 11.8 Å². The first-order valence-corrected chi connectivity index (χ1v) is 7.96. The highest BCUT2D eigenvalue weighted by Gasteiger charge is 2.44. The van der Waals surface area contributed by atoms with Gasteiger partial charge in [-0.2, -0.15) is 0 Å². The van der Waals surface area contributed by atoms with Crippen LogP contribution in [0.25, 0.3) is 0 Å². The number of nitrogens with one attached hydrogen (secondary N) is 1. The van der Waals surface area contributed by atoms with Gasteiger partial charge in [0.1, 0.15) is 0 Å². The van der Waals surface area contributed by atoms with Gasteiger partial charge in [-0.15, -0.1) is 0 Å². The van der Waals surface area contributed by atoms with Crippen molar-refractivity contribution in [3.8, 4) is 0 Å². The third-order valence-electron chi connectivity index (χ3n) is 5.51. The van der Waals surface area contributed by atoms with Crippen molar-refractivity contribution in [3.63, 3.8) is 0 Å². The Balaban J connectivity index is 1.26. The van der Waals surface area contributed by atoms with Crippen molar-refractivity contribution >= 4 is 0 Å². The summed E-state index contributed by atoms with van der Waals surface area (Å²) in [4.78, 5) is 0. The van der Waals surface area contributed by atoms with Gasteiger partial charge in [-0.05, 0) is 31.1 Å². The Labute approximate surface area is 115 Å². The highest BCUT2D eigenvalue weighted by atomic mass is 16.7. The summed E-state index contributed by atoms with van der Waals surface area (Å²) < 4.78 is 17.5. The van der Waals surface area contributed by atoms with E-state index in [0.29, 0.717) is 0 Å². The van der Waals surface area contributed by atoms with Crippen LogP contribution in [0.3, 0.4) is 0 Å². The molecule has 0 radical (unpaired) electrons. The topological polar surface area (TPSA) is 39.7 Å². The number of rotatable bonds is 3. The lowest BCUT2D eigenvalue weighted by molar-refractivity contribution is -0.210. The Hall–Kier alpha value is -0.160. The monoisotopic (exact) mass is 267 g/mol. The minimum Gasteiger partial charge on any atom is -0.381 e. The lowest BCUT2D eigenvalue weighted by Gasteiger charge is -2.32. The Morgan fingerprint density at radius 1 is 1.11 bits per heavy atom. The zero-order valence-electron chi connectivity index (χ0n) is 11.6. The molecule has 0 amide bonds. The van der Waals surface area contributed by atoms with Crippen LogP contribution in [0.15, 0.2) is 0 Å². The summed E-state index contributed by atoms with van der Waals surface area (Å²) in [7, 11) is 0. The first kappa shape index (κ1) is 12.6. The van der Waals surface area contributed by atoms with Gasteiger partial charge in [0.25, 0.3) is 0 Å². The fourth-order valence-corrected chi connectivity index (χ4v) is 4.44. The second kappa shape index (κ2) is 4.99. The van der Waals surface area contributed by atoms with E-state index < -0.39 is 0 Å². The van der Waals surface area contributed by atoms with E-state index >= 15 is 0 Å². The molecule has 0 aromatic heterocycles. The molecule has 4 nitrogen and oxygen atoms in total. The first-order chi connectivity index (χ1) is 9.33. The van der Waals surface area contributed by atoms with E-state index in [-0.39, 0.29) is 11.9 Å². The minimum absolute atomic E-state index is 0.234. The van der Waals surface area contributed by atoms with Gasteiger partial charge < -0.3 is 19.5 Å². The van der Waals surface area contributed by atoms with E-state index in [0.717, 1.165) is 57.1 Å². The summed E-state index contributed by atoms with van der Waals surface area (Å²) in [6.07, 6.45) is 7.76. The van der Waals surface area contributed by atoms with Crippen LogP contribution in [0.1, 0.15) is 38.5 Å². The molecule has 108 valence electrons. The summed E-state index contributed by atoms with van der Waals surface area (Å²) in [5.74, 6) is 1.62. The second-order valence-electron chi connectivity index (χ2n) is 6.76. The molecule has 2 bridgehead atoms. The van der Waals surface area contributed by atoms with Crippen molar-refractivity contribution in [3.05, 3.63) is 0 Å².